The summed E-state index contributed by atoms with van der Waals surface area (Å²) in [6, 6.07) is 11.5. The molecule has 10 heteroatoms. The molecule has 0 radical (unpaired) electrons. The van der Waals surface area contributed by atoms with E-state index in [0.29, 0.717) is 65.5 Å². The molecular weight excluding hydrogens is 496 g/mol. The molecule has 186 valence electrons. The minimum atomic E-state index is -0.214. The van der Waals surface area contributed by atoms with E-state index in [9.17, 15) is 9.59 Å². The van der Waals surface area contributed by atoms with Gasteiger partial charge in [0.15, 0.2) is 0 Å². The van der Waals surface area contributed by atoms with Gasteiger partial charge in [-0.2, -0.15) is 0 Å². The van der Waals surface area contributed by atoms with Crippen LogP contribution in [0.15, 0.2) is 52.3 Å². The molecule has 8 nitrogen and oxygen atoms in total. The van der Waals surface area contributed by atoms with Crippen LogP contribution in [0, 0.1) is 6.92 Å². The molecule has 4 heterocycles. The number of anilines is 1. The average molecular weight is 523 g/mol. The molecule has 5 rings (SSSR count). The Morgan fingerprint density at radius 2 is 1.89 bits per heavy atom. The van der Waals surface area contributed by atoms with Gasteiger partial charge in [-0.25, -0.2) is 4.98 Å². The Morgan fingerprint density at radius 1 is 1.14 bits per heavy atom. The van der Waals surface area contributed by atoms with E-state index in [1.165, 1.54) is 16.2 Å². The number of fused-ring (bicyclic) bond motifs is 1. The highest BCUT2D eigenvalue weighted by molar-refractivity contribution is 8.26. The maximum absolute atomic E-state index is 13.6. The van der Waals surface area contributed by atoms with E-state index in [1.54, 1.807) is 24.3 Å². The van der Waals surface area contributed by atoms with E-state index in [2.05, 4.69) is 0 Å². The molecule has 0 atom stereocenters. The summed E-state index contributed by atoms with van der Waals surface area (Å²) >= 11 is 6.75. The summed E-state index contributed by atoms with van der Waals surface area (Å²) in [6.45, 7) is 4.74. The number of thioether (sulfide) groups is 1. The first kappa shape index (κ1) is 24.5. The van der Waals surface area contributed by atoms with Crippen molar-refractivity contribution in [3.8, 4) is 5.75 Å². The van der Waals surface area contributed by atoms with Crippen LogP contribution in [0.2, 0.25) is 0 Å². The van der Waals surface area contributed by atoms with Gasteiger partial charge in [-0.05, 0) is 48.7 Å². The first-order chi connectivity index (χ1) is 17.4. The summed E-state index contributed by atoms with van der Waals surface area (Å²) in [5.74, 6) is 1.16. The van der Waals surface area contributed by atoms with Crippen molar-refractivity contribution < 1.29 is 14.3 Å². The van der Waals surface area contributed by atoms with Crippen LogP contribution in [0.25, 0.3) is 11.7 Å². The van der Waals surface area contributed by atoms with Gasteiger partial charge in [0, 0.05) is 25.8 Å². The SMILES string of the molecule is COc1ccc(CCN2C(=O)C(=Cc3c(N4CCOCC4)nc4ccc(C)cn4c3=O)SC2=S)cc1. The minimum absolute atomic E-state index is 0.194. The molecule has 0 bridgehead atoms. The molecule has 0 N–H and O–H groups in total. The van der Waals surface area contributed by atoms with Crippen LogP contribution in [0.3, 0.4) is 0 Å². The molecular formula is C26H26N4O4S2. The summed E-state index contributed by atoms with van der Waals surface area (Å²) in [5, 5.41) is 0. The third-order valence-electron chi connectivity index (χ3n) is 6.23. The Kier molecular flexibility index (Phi) is 7.08. The Morgan fingerprint density at radius 3 is 2.61 bits per heavy atom. The number of thiocarbonyl (C=S) groups is 1. The molecule has 0 aliphatic carbocycles. The number of aryl methyl sites for hydroxylation is 1. The van der Waals surface area contributed by atoms with Crippen molar-refractivity contribution in [3.05, 3.63) is 74.5 Å². The number of carbonyl (C=O) groups excluding carboxylic acids is 1. The number of ether oxygens (including phenoxy) is 2. The fourth-order valence-electron chi connectivity index (χ4n) is 4.25. The van der Waals surface area contributed by atoms with E-state index in [0.717, 1.165) is 16.9 Å². The highest BCUT2D eigenvalue weighted by atomic mass is 32.2. The summed E-state index contributed by atoms with van der Waals surface area (Å²) < 4.78 is 12.7. The second kappa shape index (κ2) is 10.4. The summed E-state index contributed by atoms with van der Waals surface area (Å²) in [4.78, 5) is 35.8. The predicted molar refractivity (Wildman–Crippen MR) is 146 cm³/mol. The second-order valence-electron chi connectivity index (χ2n) is 8.62. The number of pyridine rings is 1. The van der Waals surface area contributed by atoms with Gasteiger partial charge in [-0.1, -0.05) is 42.2 Å². The zero-order valence-corrected chi connectivity index (χ0v) is 21.7. The lowest BCUT2D eigenvalue weighted by Crippen LogP contribution is -2.38. The maximum atomic E-state index is 13.6. The number of methoxy groups -OCH3 is 1. The number of morpholine rings is 1. The maximum Gasteiger partial charge on any atom is 0.267 e. The van der Waals surface area contributed by atoms with Gasteiger partial charge in [-0.15, -0.1) is 0 Å². The van der Waals surface area contributed by atoms with Gasteiger partial charge < -0.3 is 14.4 Å². The molecule has 1 aromatic carbocycles. The molecule has 3 aromatic rings. The molecule has 0 spiro atoms. The minimum Gasteiger partial charge on any atom is -0.497 e. The average Bonchev–Trinajstić information content (AvgIpc) is 3.17. The van der Waals surface area contributed by atoms with Gasteiger partial charge in [-0.3, -0.25) is 18.9 Å². The van der Waals surface area contributed by atoms with E-state index in [4.69, 9.17) is 26.7 Å². The van der Waals surface area contributed by atoms with Crippen LogP contribution in [-0.4, -0.2) is 64.5 Å². The topological polar surface area (TPSA) is 76.4 Å². The van der Waals surface area contributed by atoms with Gasteiger partial charge >= 0.3 is 0 Å². The Hall–Kier alpha value is -3.21. The van der Waals surface area contributed by atoms with Crippen molar-refractivity contribution >= 4 is 51.7 Å². The lowest BCUT2D eigenvalue weighted by atomic mass is 10.1. The van der Waals surface area contributed by atoms with Crippen LogP contribution in [0.5, 0.6) is 5.75 Å². The number of hydrogen-bond donors (Lipinski definition) is 0. The van der Waals surface area contributed by atoms with E-state index in [1.807, 2.05) is 48.2 Å². The Balaban J connectivity index is 1.47. The lowest BCUT2D eigenvalue weighted by Gasteiger charge is -2.29. The molecule has 2 fully saturated rings. The third-order valence-corrected chi connectivity index (χ3v) is 7.61. The first-order valence-corrected chi connectivity index (χ1v) is 12.9. The number of aromatic nitrogens is 2. The van der Waals surface area contributed by atoms with Crippen molar-refractivity contribution in [2.24, 2.45) is 0 Å². The zero-order chi connectivity index (χ0) is 25.2. The van der Waals surface area contributed by atoms with Crippen molar-refractivity contribution in [2.45, 2.75) is 13.3 Å². The highest BCUT2D eigenvalue weighted by Crippen LogP contribution is 2.34. The van der Waals surface area contributed by atoms with E-state index < -0.39 is 0 Å². The summed E-state index contributed by atoms with van der Waals surface area (Å²) in [5.41, 5.74) is 2.76. The van der Waals surface area contributed by atoms with Gasteiger partial charge in [0.1, 0.15) is 21.5 Å². The van der Waals surface area contributed by atoms with Crippen LogP contribution >= 0.6 is 24.0 Å². The predicted octanol–water partition coefficient (Wildman–Crippen LogP) is 3.29. The summed E-state index contributed by atoms with van der Waals surface area (Å²) in [6.07, 6.45) is 4.08. The van der Waals surface area contributed by atoms with Crippen molar-refractivity contribution in [3.63, 3.8) is 0 Å². The van der Waals surface area contributed by atoms with Gasteiger partial charge in [0.05, 0.1) is 30.8 Å². The largest absolute Gasteiger partial charge is 0.497 e. The highest BCUT2D eigenvalue weighted by Gasteiger charge is 2.33. The second-order valence-corrected chi connectivity index (χ2v) is 10.3. The quantitative estimate of drug-likeness (QED) is 0.361. The number of amides is 1. The van der Waals surface area contributed by atoms with Crippen LogP contribution in [-0.2, 0) is 16.0 Å². The third kappa shape index (κ3) is 4.88. The Labute approximate surface area is 218 Å². The van der Waals surface area contributed by atoms with Crippen molar-refractivity contribution in [1.82, 2.24) is 14.3 Å². The lowest BCUT2D eigenvalue weighted by molar-refractivity contribution is -0.122. The van der Waals surface area contributed by atoms with Crippen LogP contribution < -0.4 is 15.2 Å². The zero-order valence-electron chi connectivity index (χ0n) is 20.1. The standard InChI is InChI=1S/C26H26N4O4S2/c1-17-3-8-22-27-23(28-11-13-34-14-12-28)20(24(31)30(22)16-17)15-21-25(32)29(26(35)36-21)10-9-18-4-6-19(33-2)7-5-18/h3-8,15-16H,9-14H2,1-2H3. The smallest absolute Gasteiger partial charge is 0.267 e. The molecule has 2 aliphatic heterocycles. The number of nitrogens with zero attached hydrogens (tertiary/aromatic N) is 4. The van der Waals surface area contributed by atoms with Crippen molar-refractivity contribution in [1.29, 1.82) is 0 Å². The fraction of sp³-hybridized carbons (Fsp3) is 0.308. The monoisotopic (exact) mass is 522 g/mol. The van der Waals surface area contributed by atoms with E-state index >= 15 is 0 Å². The molecule has 36 heavy (non-hydrogen) atoms. The Bertz CT molecular complexity index is 1410. The molecule has 0 saturated carbocycles. The van der Waals surface area contributed by atoms with Gasteiger partial charge in [0.25, 0.3) is 11.5 Å². The number of rotatable bonds is 6. The first-order valence-electron chi connectivity index (χ1n) is 11.7. The molecule has 2 saturated heterocycles. The molecule has 1 amide bonds. The number of carbonyl (C=O) groups is 1. The normalized spacial score (nSPS) is 17.4. The molecule has 2 aliphatic rings. The molecule has 2 aromatic heterocycles. The number of benzene rings is 1. The fourth-order valence-corrected chi connectivity index (χ4v) is 5.54. The van der Waals surface area contributed by atoms with Crippen LogP contribution in [0.4, 0.5) is 5.82 Å². The summed E-state index contributed by atoms with van der Waals surface area (Å²) in [7, 11) is 1.63. The van der Waals surface area contributed by atoms with Crippen molar-refractivity contribution in [2.75, 3.05) is 44.9 Å². The molecule has 0 unspecified atom stereocenters. The number of hydrogen-bond acceptors (Lipinski definition) is 8. The van der Waals surface area contributed by atoms with Crippen LogP contribution in [0.1, 0.15) is 16.7 Å². The van der Waals surface area contributed by atoms with Gasteiger partial charge in [0.2, 0.25) is 0 Å². The van der Waals surface area contributed by atoms with E-state index in [-0.39, 0.29) is 11.5 Å².